The zero-order valence-electron chi connectivity index (χ0n) is 19.8. The van der Waals surface area contributed by atoms with Crippen LogP contribution in [0.15, 0.2) is 46.7 Å². The topological polar surface area (TPSA) is 98.1 Å². The Morgan fingerprint density at radius 3 is 2.77 bits per heavy atom. The van der Waals surface area contributed by atoms with Crippen LogP contribution < -0.4 is 10.9 Å². The number of fused-ring (bicyclic) bond motifs is 1. The fourth-order valence-corrected chi connectivity index (χ4v) is 5.68. The lowest BCUT2D eigenvalue weighted by Crippen LogP contribution is -2.41. The average Bonchev–Trinajstić information content (AvgIpc) is 3.46. The summed E-state index contributed by atoms with van der Waals surface area (Å²) in [6.45, 7) is 7.67. The molecule has 1 aliphatic heterocycles. The van der Waals surface area contributed by atoms with E-state index in [-0.39, 0.29) is 23.3 Å². The molecule has 1 saturated carbocycles. The third-order valence-electron chi connectivity index (χ3n) is 7.20. The molecule has 0 bridgehead atoms. The molecule has 7 nitrogen and oxygen atoms in total. The smallest absolute Gasteiger partial charge is 0.262 e. The van der Waals surface area contributed by atoms with Crippen LogP contribution in [0.1, 0.15) is 71.7 Å². The molecule has 2 fully saturated rings. The van der Waals surface area contributed by atoms with Gasteiger partial charge in [-0.2, -0.15) is 0 Å². The van der Waals surface area contributed by atoms with Gasteiger partial charge < -0.3 is 5.32 Å². The molecule has 1 aliphatic carbocycles. The maximum Gasteiger partial charge on any atom is 0.262 e. The van der Waals surface area contributed by atoms with Crippen LogP contribution in [0.4, 0.5) is 0 Å². The normalized spacial score (nSPS) is 19.0. The Morgan fingerprint density at radius 2 is 2.06 bits per heavy atom. The maximum atomic E-state index is 13.2. The van der Waals surface area contributed by atoms with E-state index in [1.54, 1.807) is 18.4 Å². The molecule has 3 aromatic rings. The van der Waals surface area contributed by atoms with E-state index in [0.717, 1.165) is 23.3 Å². The van der Waals surface area contributed by atoms with Crippen molar-refractivity contribution < 1.29 is 14.4 Å². The van der Waals surface area contributed by atoms with Gasteiger partial charge in [0.1, 0.15) is 11.9 Å². The number of nitrogens with one attached hydrogen (secondary N) is 1. The molecule has 180 valence electrons. The summed E-state index contributed by atoms with van der Waals surface area (Å²) in [4.78, 5) is 56.6. The van der Waals surface area contributed by atoms with Gasteiger partial charge in [-0.15, -0.1) is 11.3 Å². The van der Waals surface area contributed by atoms with Crippen molar-refractivity contribution in [1.82, 2.24) is 14.9 Å². The van der Waals surface area contributed by atoms with Crippen molar-refractivity contribution in [2.75, 3.05) is 0 Å². The molecule has 1 aromatic carbocycles. The molecule has 8 heteroatoms. The maximum absolute atomic E-state index is 13.2. The largest absolute Gasteiger partial charge is 0.329 e. The van der Waals surface area contributed by atoms with Gasteiger partial charge in [-0.3, -0.25) is 23.7 Å². The van der Waals surface area contributed by atoms with Crippen LogP contribution in [0.5, 0.6) is 0 Å². The summed E-state index contributed by atoms with van der Waals surface area (Å²) in [6, 6.07) is 6.77. The van der Waals surface area contributed by atoms with Crippen LogP contribution in [0, 0.1) is 6.92 Å². The molecule has 3 heterocycles. The molecule has 1 amide bonds. The van der Waals surface area contributed by atoms with Crippen LogP contribution in [0.25, 0.3) is 10.9 Å². The number of aryl methyl sites for hydroxylation is 2. The molecular weight excluding hydrogens is 462 g/mol. The molecule has 0 spiro atoms. The fourth-order valence-electron chi connectivity index (χ4n) is 4.72. The van der Waals surface area contributed by atoms with E-state index >= 15 is 0 Å². The number of carbonyl (C=O) groups excluding carboxylic acids is 3. The molecule has 2 aromatic heterocycles. The Balaban J connectivity index is 1.34. The van der Waals surface area contributed by atoms with Crippen molar-refractivity contribution in [2.45, 2.75) is 63.8 Å². The summed E-state index contributed by atoms with van der Waals surface area (Å²) >= 11 is 1.35. The first-order valence-corrected chi connectivity index (χ1v) is 12.7. The van der Waals surface area contributed by atoms with Crippen LogP contribution in [-0.4, -0.2) is 27.0 Å². The summed E-state index contributed by atoms with van der Waals surface area (Å²) in [5.41, 5.74) is 2.58. The van der Waals surface area contributed by atoms with Gasteiger partial charge in [0.05, 0.1) is 10.9 Å². The monoisotopic (exact) mass is 489 g/mol. The first-order valence-electron chi connectivity index (χ1n) is 11.8. The third-order valence-corrected chi connectivity index (χ3v) is 8.23. The average molecular weight is 490 g/mol. The van der Waals surface area contributed by atoms with Gasteiger partial charge in [0, 0.05) is 27.9 Å². The van der Waals surface area contributed by atoms with Crippen molar-refractivity contribution in [3.8, 4) is 0 Å². The van der Waals surface area contributed by atoms with Gasteiger partial charge in [-0.05, 0) is 56.1 Å². The minimum Gasteiger partial charge on any atom is -0.329 e. The van der Waals surface area contributed by atoms with E-state index < -0.39 is 17.6 Å². The predicted molar refractivity (Wildman–Crippen MR) is 135 cm³/mol. The number of ketones is 2. The summed E-state index contributed by atoms with van der Waals surface area (Å²) < 4.78 is 1.45. The molecule has 0 radical (unpaired) electrons. The van der Waals surface area contributed by atoms with Crippen LogP contribution in [0.2, 0.25) is 0 Å². The Bertz CT molecular complexity index is 1460. The highest BCUT2D eigenvalue weighted by Gasteiger charge is 2.39. The lowest BCUT2D eigenvalue weighted by molar-refractivity contribution is -0.125. The number of Topliss-reactive ketones (excluding diaryl/α,β-unsaturated/α-hetero) is 2. The summed E-state index contributed by atoms with van der Waals surface area (Å²) in [7, 11) is 0. The van der Waals surface area contributed by atoms with E-state index in [9.17, 15) is 19.2 Å². The number of piperidine rings is 1. The number of hydrogen-bond donors (Lipinski definition) is 1. The van der Waals surface area contributed by atoms with Gasteiger partial charge in [0.25, 0.3) is 5.56 Å². The number of benzene rings is 1. The lowest BCUT2D eigenvalue weighted by Gasteiger charge is -2.26. The van der Waals surface area contributed by atoms with Crippen molar-refractivity contribution >= 4 is 39.7 Å². The summed E-state index contributed by atoms with van der Waals surface area (Å²) in [5, 5.41) is 4.87. The minimum atomic E-state index is -0.624. The van der Waals surface area contributed by atoms with Crippen molar-refractivity contribution in [3.63, 3.8) is 0 Å². The highest BCUT2D eigenvalue weighted by atomic mass is 32.1. The fraction of sp³-hybridized carbons (Fsp3) is 0.370. The molecule has 1 saturated heterocycles. The number of rotatable bonds is 7. The number of amides is 1. The Kier molecular flexibility index (Phi) is 5.79. The molecule has 1 N–H and O–H groups in total. The van der Waals surface area contributed by atoms with E-state index in [2.05, 4.69) is 23.8 Å². The highest BCUT2D eigenvalue weighted by molar-refractivity contribution is 7.11. The number of aromatic nitrogens is 2. The van der Waals surface area contributed by atoms with Crippen LogP contribution in [0.3, 0.4) is 0 Å². The second-order valence-electron chi connectivity index (χ2n) is 9.80. The van der Waals surface area contributed by atoms with E-state index in [0.29, 0.717) is 47.3 Å². The van der Waals surface area contributed by atoms with Crippen molar-refractivity contribution in [3.05, 3.63) is 74.1 Å². The third kappa shape index (κ3) is 4.27. The minimum absolute atomic E-state index is 0.0485. The first-order chi connectivity index (χ1) is 16.7. The molecule has 2 aliphatic rings. The van der Waals surface area contributed by atoms with Gasteiger partial charge >= 0.3 is 0 Å². The zero-order valence-corrected chi connectivity index (χ0v) is 20.7. The van der Waals surface area contributed by atoms with Crippen molar-refractivity contribution in [2.24, 2.45) is 0 Å². The highest BCUT2D eigenvalue weighted by Crippen LogP contribution is 2.47. The SMILES string of the molecule is C=C1CCC(n2c(C)nc3c(CCC(=O)C(=O)c4cccc(C5(C)CC5)c4)scc3c2=O)C(=O)N1. The van der Waals surface area contributed by atoms with Gasteiger partial charge in [-0.25, -0.2) is 4.98 Å². The second-order valence-corrected chi connectivity index (χ2v) is 10.8. The standard InChI is InChI=1S/C27H27N3O4S/c1-15-7-8-20(25(33)28-15)30-16(2)29-23-19(26(30)34)14-35-22(23)10-9-21(31)24(32)17-5-4-6-18(13-17)27(3)11-12-27/h4-6,13-14,20H,1,7-12H2,2-3H3,(H,28,33). The molecule has 1 atom stereocenters. The Labute approximate surface area is 206 Å². The molecule has 5 rings (SSSR count). The van der Waals surface area contributed by atoms with Gasteiger partial charge in [0.2, 0.25) is 17.5 Å². The second kappa shape index (κ2) is 8.68. The predicted octanol–water partition coefficient (Wildman–Crippen LogP) is 4.17. The number of hydrogen-bond acceptors (Lipinski definition) is 6. The van der Waals surface area contributed by atoms with Crippen molar-refractivity contribution in [1.29, 1.82) is 0 Å². The van der Waals surface area contributed by atoms with Gasteiger partial charge in [-0.1, -0.05) is 31.7 Å². The van der Waals surface area contributed by atoms with Gasteiger partial charge in [0.15, 0.2) is 0 Å². The van der Waals surface area contributed by atoms with Crippen LogP contribution in [-0.2, 0) is 21.4 Å². The first kappa shape index (κ1) is 23.4. The zero-order chi connectivity index (χ0) is 24.9. The molecule has 35 heavy (non-hydrogen) atoms. The Hall–Kier alpha value is -3.39. The molecule has 1 unspecified atom stereocenters. The number of nitrogens with zero attached hydrogens (tertiary/aromatic N) is 2. The number of allylic oxidation sites excluding steroid dienone is 1. The van der Waals surface area contributed by atoms with Crippen LogP contribution >= 0.6 is 11.3 Å². The quantitative estimate of drug-likeness (QED) is 0.397. The Morgan fingerprint density at radius 1 is 1.29 bits per heavy atom. The van der Waals surface area contributed by atoms with E-state index in [4.69, 9.17) is 0 Å². The summed E-state index contributed by atoms with van der Waals surface area (Å²) in [6.07, 6.45) is 3.67. The summed E-state index contributed by atoms with van der Waals surface area (Å²) in [5.74, 6) is -0.739. The molecular formula is C27H27N3O4S. The number of carbonyl (C=O) groups is 3. The van der Waals surface area contributed by atoms with E-state index in [1.807, 2.05) is 18.2 Å². The number of thiophene rings is 1. The lowest BCUT2D eigenvalue weighted by atomic mass is 9.94. The van der Waals surface area contributed by atoms with E-state index in [1.165, 1.54) is 15.9 Å².